The van der Waals surface area contributed by atoms with Crippen molar-refractivity contribution in [1.82, 2.24) is 0 Å². The molecule has 0 aliphatic heterocycles. The van der Waals surface area contributed by atoms with Crippen molar-refractivity contribution in [2.75, 3.05) is 0 Å². The van der Waals surface area contributed by atoms with Crippen molar-refractivity contribution in [2.24, 2.45) is 17.8 Å². The summed E-state index contributed by atoms with van der Waals surface area (Å²) in [5.74, 6) is 3.72. The van der Waals surface area contributed by atoms with Gasteiger partial charge in [-0.1, -0.05) is 76.1 Å². The molecule has 4 unspecified atom stereocenters. The van der Waals surface area contributed by atoms with E-state index in [0.717, 1.165) is 29.2 Å². The number of fused-ring (bicyclic) bond motifs is 2. The Hall–Kier alpha value is -1.81. The Morgan fingerprint density at radius 2 is 1.59 bits per heavy atom. The summed E-state index contributed by atoms with van der Waals surface area (Å²) < 4.78 is 0. The lowest BCUT2D eigenvalue weighted by Gasteiger charge is -2.42. The molecule has 0 radical (unpaired) electrons. The van der Waals surface area contributed by atoms with Gasteiger partial charge >= 0.3 is 0 Å². The summed E-state index contributed by atoms with van der Waals surface area (Å²) in [6, 6.07) is 15.3. The van der Waals surface area contributed by atoms with Crippen LogP contribution >= 0.6 is 0 Å². The Balaban J connectivity index is 1.32. The molecular weight excluding hydrogens is 350 g/mol. The van der Waals surface area contributed by atoms with Crippen molar-refractivity contribution in [3.63, 3.8) is 0 Å². The Labute approximate surface area is 177 Å². The second kappa shape index (κ2) is 9.80. The molecule has 0 bridgehead atoms. The third-order valence-corrected chi connectivity index (χ3v) is 7.90. The highest BCUT2D eigenvalue weighted by molar-refractivity contribution is 5.84. The van der Waals surface area contributed by atoms with Gasteiger partial charge in [0.15, 0.2) is 0 Å². The Kier molecular flexibility index (Phi) is 6.91. The Morgan fingerprint density at radius 1 is 0.828 bits per heavy atom. The maximum absolute atomic E-state index is 9.12. The zero-order chi connectivity index (χ0) is 20.1. The van der Waals surface area contributed by atoms with Gasteiger partial charge in [-0.25, -0.2) is 0 Å². The summed E-state index contributed by atoms with van der Waals surface area (Å²) in [4.78, 5) is 0. The van der Waals surface area contributed by atoms with Gasteiger partial charge < -0.3 is 0 Å². The van der Waals surface area contributed by atoms with Gasteiger partial charge in [-0.05, 0) is 84.2 Å². The molecule has 0 heterocycles. The number of nitrogens with zero attached hydrogens (tertiary/aromatic N) is 1. The van der Waals surface area contributed by atoms with Crippen LogP contribution in [0.25, 0.3) is 10.8 Å². The van der Waals surface area contributed by atoms with Gasteiger partial charge in [-0.3, -0.25) is 0 Å². The molecule has 1 nitrogen and oxygen atoms in total. The van der Waals surface area contributed by atoms with Gasteiger partial charge in [-0.2, -0.15) is 5.26 Å². The fraction of sp³-hybridized carbons (Fsp3) is 0.607. The first-order chi connectivity index (χ1) is 14.3. The van der Waals surface area contributed by atoms with E-state index < -0.39 is 0 Å². The number of nitriles is 1. The Bertz CT molecular complexity index is 845. The lowest BCUT2D eigenvalue weighted by Crippen LogP contribution is -2.30. The standard InChI is InChI=1S/C28H37N/c1-2-3-4-5-6-7-21-8-10-25-18-27(14-12-23(25)16-21)28-15-13-24-17-22(20-29)9-11-26(24)19-28/h9,11,13,15,17,19,21,23,25,27H,2-8,10,12,14,16,18H2,1H3. The average molecular weight is 388 g/mol. The third kappa shape index (κ3) is 5.03. The summed E-state index contributed by atoms with van der Waals surface area (Å²) in [5, 5.41) is 11.6. The number of unbranched alkanes of at least 4 members (excludes halogenated alkanes) is 4. The number of hydrogen-bond donors (Lipinski definition) is 0. The largest absolute Gasteiger partial charge is 0.192 e. The molecule has 2 fully saturated rings. The maximum atomic E-state index is 9.12. The molecule has 0 aromatic heterocycles. The molecule has 2 aliphatic rings. The van der Waals surface area contributed by atoms with Gasteiger partial charge in [0.2, 0.25) is 0 Å². The van der Waals surface area contributed by atoms with Crippen LogP contribution in [-0.4, -0.2) is 0 Å². The van der Waals surface area contributed by atoms with Crippen LogP contribution in [0.2, 0.25) is 0 Å². The van der Waals surface area contributed by atoms with Crippen LogP contribution in [0.5, 0.6) is 0 Å². The predicted octanol–water partition coefficient (Wildman–Crippen LogP) is 8.37. The van der Waals surface area contributed by atoms with E-state index in [0.29, 0.717) is 0 Å². The first-order valence-corrected chi connectivity index (χ1v) is 12.2. The molecule has 0 saturated heterocycles. The van der Waals surface area contributed by atoms with Gasteiger partial charge in [-0.15, -0.1) is 0 Å². The normalized spacial score (nSPS) is 26.8. The van der Waals surface area contributed by atoms with Crippen molar-refractivity contribution in [3.8, 4) is 6.07 Å². The van der Waals surface area contributed by atoms with Crippen molar-refractivity contribution < 1.29 is 0 Å². The van der Waals surface area contributed by atoms with Gasteiger partial charge in [0.25, 0.3) is 0 Å². The summed E-state index contributed by atoms with van der Waals surface area (Å²) in [7, 11) is 0. The summed E-state index contributed by atoms with van der Waals surface area (Å²) in [5.41, 5.74) is 2.28. The molecule has 0 spiro atoms. The lowest BCUT2D eigenvalue weighted by atomic mass is 9.63. The molecule has 2 saturated carbocycles. The first kappa shape index (κ1) is 20.5. The fourth-order valence-corrected chi connectivity index (χ4v) is 6.18. The predicted molar refractivity (Wildman–Crippen MR) is 123 cm³/mol. The SMILES string of the molecule is CCCCCCCC1CCC2CC(c3ccc4cc(C#N)ccc4c3)CCC2C1. The zero-order valence-corrected chi connectivity index (χ0v) is 18.2. The molecule has 0 N–H and O–H groups in total. The molecule has 4 rings (SSSR count). The maximum Gasteiger partial charge on any atom is 0.0991 e. The fourth-order valence-electron chi connectivity index (χ4n) is 6.18. The minimum atomic E-state index is 0.738. The molecule has 1 heteroatoms. The average Bonchev–Trinajstić information content (AvgIpc) is 2.77. The highest BCUT2D eigenvalue weighted by Crippen LogP contribution is 2.48. The summed E-state index contributed by atoms with van der Waals surface area (Å²) in [6.45, 7) is 2.31. The number of rotatable bonds is 7. The zero-order valence-electron chi connectivity index (χ0n) is 18.2. The summed E-state index contributed by atoms with van der Waals surface area (Å²) >= 11 is 0. The van der Waals surface area contributed by atoms with Crippen molar-refractivity contribution >= 4 is 10.8 Å². The van der Waals surface area contributed by atoms with Crippen LogP contribution in [0.15, 0.2) is 36.4 Å². The van der Waals surface area contributed by atoms with Gasteiger partial charge in [0, 0.05) is 0 Å². The van der Waals surface area contributed by atoms with E-state index in [1.165, 1.54) is 93.4 Å². The van der Waals surface area contributed by atoms with E-state index in [2.05, 4.69) is 37.3 Å². The van der Waals surface area contributed by atoms with Crippen LogP contribution in [0.4, 0.5) is 0 Å². The van der Waals surface area contributed by atoms with Gasteiger partial charge in [0.05, 0.1) is 11.6 Å². The van der Waals surface area contributed by atoms with Crippen LogP contribution < -0.4 is 0 Å². The first-order valence-electron chi connectivity index (χ1n) is 12.2. The molecular formula is C28H37N. The molecule has 154 valence electrons. The molecule has 0 amide bonds. The van der Waals surface area contributed by atoms with E-state index in [1.54, 1.807) is 0 Å². The quantitative estimate of drug-likeness (QED) is 0.438. The van der Waals surface area contributed by atoms with E-state index in [9.17, 15) is 0 Å². The van der Waals surface area contributed by atoms with E-state index in [4.69, 9.17) is 5.26 Å². The highest BCUT2D eigenvalue weighted by Gasteiger charge is 2.35. The molecule has 2 aliphatic carbocycles. The molecule has 4 atom stereocenters. The molecule has 2 aromatic carbocycles. The van der Waals surface area contributed by atoms with E-state index in [1.807, 2.05) is 12.1 Å². The summed E-state index contributed by atoms with van der Waals surface area (Å²) in [6.07, 6.45) is 17.3. The van der Waals surface area contributed by atoms with Crippen LogP contribution in [0, 0.1) is 29.1 Å². The monoisotopic (exact) mass is 387 g/mol. The van der Waals surface area contributed by atoms with Crippen molar-refractivity contribution in [2.45, 2.75) is 89.9 Å². The Morgan fingerprint density at radius 3 is 2.45 bits per heavy atom. The van der Waals surface area contributed by atoms with E-state index >= 15 is 0 Å². The molecule has 2 aromatic rings. The minimum Gasteiger partial charge on any atom is -0.192 e. The lowest BCUT2D eigenvalue weighted by molar-refractivity contribution is 0.113. The van der Waals surface area contributed by atoms with Crippen molar-refractivity contribution in [1.29, 1.82) is 5.26 Å². The van der Waals surface area contributed by atoms with E-state index in [-0.39, 0.29) is 0 Å². The van der Waals surface area contributed by atoms with Crippen molar-refractivity contribution in [3.05, 3.63) is 47.5 Å². The third-order valence-electron chi connectivity index (χ3n) is 7.90. The molecule has 29 heavy (non-hydrogen) atoms. The van der Waals surface area contributed by atoms with Crippen LogP contribution in [0.1, 0.15) is 101 Å². The second-order valence-electron chi connectivity index (χ2n) is 9.85. The minimum absolute atomic E-state index is 0.738. The smallest absolute Gasteiger partial charge is 0.0991 e. The highest BCUT2D eigenvalue weighted by atomic mass is 14.4. The topological polar surface area (TPSA) is 23.8 Å². The second-order valence-corrected chi connectivity index (χ2v) is 9.85. The van der Waals surface area contributed by atoms with Gasteiger partial charge in [0.1, 0.15) is 0 Å². The number of benzene rings is 2. The van der Waals surface area contributed by atoms with Crippen LogP contribution in [0.3, 0.4) is 0 Å². The van der Waals surface area contributed by atoms with Crippen LogP contribution in [-0.2, 0) is 0 Å². The number of hydrogen-bond acceptors (Lipinski definition) is 1.